The highest BCUT2D eigenvalue weighted by molar-refractivity contribution is 5.97. The Kier molecular flexibility index (Phi) is 6.88. The minimum atomic E-state index is -0.609. The van der Waals surface area contributed by atoms with Crippen molar-refractivity contribution in [2.24, 2.45) is 0 Å². The number of rotatable bonds is 5. The lowest BCUT2D eigenvalue weighted by molar-refractivity contribution is 0.527. The zero-order valence-electron chi connectivity index (χ0n) is 23.4. The van der Waals surface area contributed by atoms with Crippen molar-refractivity contribution in [3.05, 3.63) is 145 Å². The summed E-state index contributed by atoms with van der Waals surface area (Å²) >= 11 is 0. The summed E-state index contributed by atoms with van der Waals surface area (Å²) < 4.78 is 31.8. The highest BCUT2D eigenvalue weighted by Crippen LogP contribution is 2.44. The summed E-state index contributed by atoms with van der Waals surface area (Å²) in [5.41, 5.74) is 5.50. The monoisotopic (exact) mass is 539 g/mol. The average molecular weight is 540 g/mol. The lowest BCUT2D eigenvalue weighted by atomic mass is 9.92. The maximum atomic E-state index is 16.5. The average Bonchev–Trinajstić information content (AvgIpc) is 2.98. The number of hydrogen-bond acceptors (Lipinski definition) is 1. The largest absolute Gasteiger partial charge is 0.331 e. The summed E-state index contributed by atoms with van der Waals surface area (Å²) in [4.78, 5) is 1.77. The third-order valence-electron chi connectivity index (χ3n) is 7.43. The van der Waals surface area contributed by atoms with Gasteiger partial charge in [0.25, 0.3) is 0 Å². The molecule has 6 aromatic rings. The van der Waals surface area contributed by atoms with Crippen LogP contribution in [-0.4, -0.2) is 5.54 Å². The Bertz CT molecular complexity index is 1850. The van der Waals surface area contributed by atoms with Crippen molar-refractivity contribution in [2.75, 3.05) is 4.90 Å². The molecule has 0 radical (unpaired) electrons. The smallest absolute Gasteiger partial charge is 0.148 e. The molecule has 0 bridgehead atoms. The van der Waals surface area contributed by atoms with Crippen LogP contribution in [0.25, 0.3) is 44.2 Å². The Hall–Kier alpha value is -4.76. The highest BCUT2D eigenvalue weighted by atomic mass is 19.1. The van der Waals surface area contributed by atoms with Crippen molar-refractivity contribution in [3.8, 4) is 33.4 Å². The van der Waals surface area contributed by atoms with Gasteiger partial charge in [-0.15, -0.1) is 0 Å². The molecule has 0 spiro atoms. The summed E-state index contributed by atoms with van der Waals surface area (Å²) in [5.74, 6) is -0.803. The third kappa shape index (κ3) is 5.12. The summed E-state index contributed by atoms with van der Waals surface area (Å²) in [6, 6.07) is 42.8. The van der Waals surface area contributed by atoms with E-state index in [4.69, 9.17) is 0 Å². The van der Waals surface area contributed by atoms with Crippen LogP contribution in [0.15, 0.2) is 133 Å². The van der Waals surface area contributed by atoms with E-state index in [0.29, 0.717) is 16.9 Å². The van der Waals surface area contributed by atoms with Crippen molar-refractivity contribution >= 4 is 22.1 Å². The maximum absolute atomic E-state index is 16.5. The molecule has 0 saturated carbocycles. The SMILES string of the molecule is CC(C)(C)N(c1ccccc1F)c1c(F)cc(-c2cccc(-c3cccc4ccccc34)c2)cc1-c1ccccc1. The topological polar surface area (TPSA) is 3.24 Å². The van der Waals surface area contributed by atoms with E-state index >= 15 is 8.78 Å². The van der Waals surface area contributed by atoms with Crippen molar-refractivity contribution < 1.29 is 8.78 Å². The second kappa shape index (κ2) is 10.7. The summed E-state index contributed by atoms with van der Waals surface area (Å²) in [6.07, 6.45) is 0. The lowest BCUT2D eigenvalue weighted by Gasteiger charge is -2.39. The number of hydrogen-bond donors (Lipinski definition) is 0. The van der Waals surface area contributed by atoms with Crippen molar-refractivity contribution in [3.63, 3.8) is 0 Å². The van der Waals surface area contributed by atoms with Gasteiger partial charge in [0.1, 0.15) is 11.6 Å². The molecular weight excluding hydrogens is 508 g/mol. The molecule has 1 nitrogen and oxygen atoms in total. The van der Waals surface area contributed by atoms with E-state index < -0.39 is 17.2 Å². The van der Waals surface area contributed by atoms with E-state index in [-0.39, 0.29) is 0 Å². The van der Waals surface area contributed by atoms with Crippen LogP contribution in [0.4, 0.5) is 20.2 Å². The van der Waals surface area contributed by atoms with Crippen LogP contribution >= 0.6 is 0 Å². The van der Waals surface area contributed by atoms with E-state index in [1.54, 1.807) is 29.2 Å². The van der Waals surface area contributed by atoms with Gasteiger partial charge < -0.3 is 4.90 Å². The first-order chi connectivity index (χ1) is 19.8. The van der Waals surface area contributed by atoms with Crippen molar-refractivity contribution in [1.82, 2.24) is 0 Å². The fourth-order valence-electron chi connectivity index (χ4n) is 5.62. The first kappa shape index (κ1) is 26.5. The first-order valence-electron chi connectivity index (χ1n) is 13.8. The van der Waals surface area contributed by atoms with Crippen LogP contribution in [0.1, 0.15) is 20.8 Å². The fraction of sp³-hybridized carbons (Fsp3) is 0.105. The van der Waals surface area contributed by atoms with Crippen molar-refractivity contribution in [1.29, 1.82) is 0 Å². The van der Waals surface area contributed by atoms with E-state index in [0.717, 1.165) is 27.8 Å². The molecule has 0 aliphatic rings. The standard InChI is InChI=1S/C38H31F2N/c1-38(2,3)41(36-22-10-9-21-34(36)39)37-33(27-13-5-4-6-14-27)24-30(25-35(37)40)28-17-11-18-29(23-28)32-20-12-16-26-15-7-8-19-31(26)32/h4-25H,1-3H3. The van der Waals surface area contributed by atoms with Crippen LogP contribution in [0, 0.1) is 11.6 Å². The predicted molar refractivity (Wildman–Crippen MR) is 169 cm³/mol. The van der Waals surface area contributed by atoms with Gasteiger partial charge in [0.2, 0.25) is 0 Å². The molecule has 0 aromatic heterocycles. The van der Waals surface area contributed by atoms with Gasteiger partial charge in [-0.25, -0.2) is 8.78 Å². The zero-order valence-corrected chi connectivity index (χ0v) is 23.4. The van der Waals surface area contributed by atoms with Crippen LogP contribution < -0.4 is 4.90 Å². The molecule has 0 saturated heterocycles. The molecule has 0 unspecified atom stereocenters. The molecule has 6 rings (SSSR count). The third-order valence-corrected chi connectivity index (χ3v) is 7.43. The van der Waals surface area contributed by atoms with Gasteiger partial charge >= 0.3 is 0 Å². The molecule has 0 heterocycles. The molecular formula is C38H31F2N. The second-order valence-corrected chi connectivity index (χ2v) is 11.3. The summed E-state index contributed by atoms with van der Waals surface area (Å²) in [6.45, 7) is 5.90. The molecule has 202 valence electrons. The normalized spacial score (nSPS) is 11.5. The van der Waals surface area contributed by atoms with Gasteiger partial charge in [0.15, 0.2) is 0 Å². The number of para-hydroxylation sites is 1. The number of halogens is 2. The Balaban J connectivity index is 1.56. The van der Waals surface area contributed by atoms with E-state index in [9.17, 15) is 0 Å². The predicted octanol–water partition coefficient (Wildman–Crippen LogP) is 11.1. The summed E-state index contributed by atoms with van der Waals surface area (Å²) in [7, 11) is 0. The van der Waals surface area contributed by atoms with Crippen LogP contribution in [0.5, 0.6) is 0 Å². The van der Waals surface area contributed by atoms with Gasteiger partial charge in [-0.1, -0.05) is 103 Å². The van der Waals surface area contributed by atoms with Crippen LogP contribution in [0.2, 0.25) is 0 Å². The summed E-state index contributed by atoms with van der Waals surface area (Å²) in [5, 5.41) is 2.34. The highest BCUT2D eigenvalue weighted by Gasteiger charge is 2.31. The molecule has 41 heavy (non-hydrogen) atoms. The molecule has 0 atom stereocenters. The van der Waals surface area contributed by atoms with Gasteiger partial charge in [-0.2, -0.15) is 0 Å². The molecule has 6 aromatic carbocycles. The van der Waals surface area contributed by atoms with Gasteiger partial charge in [0, 0.05) is 11.1 Å². The van der Waals surface area contributed by atoms with Crippen molar-refractivity contribution in [2.45, 2.75) is 26.3 Å². The maximum Gasteiger partial charge on any atom is 0.148 e. The van der Waals surface area contributed by atoms with Gasteiger partial charge in [0.05, 0.1) is 11.4 Å². The lowest BCUT2D eigenvalue weighted by Crippen LogP contribution is -2.39. The number of benzene rings is 6. The number of fused-ring (bicyclic) bond motifs is 1. The minimum absolute atomic E-state index is 0.335. The number of nitrogens with zero attached hydrogens (tertiary/aromatic N) is 1. The molecule has 0 amide bonds. The van der Waals surface area contributed by atoms with Crippen LogP contribution in [-0.2, 0) is 0 Å². The molecule has 0 aliphatic heterocycles. The Labute approximate surface area is 240 Å². The van der Waals surface area contributed by atoms with E-state index in [1.807, 2.05) is 81.4 Å². The zero-order chi connectivity index (χ0) is 28.6. The fourth-order valence-corrected chi connectivity index (χ4v) is 5.62. The Morgan fingerprint density at radius 1 is 0.488 bits per heavy atom. The number of anilines is 2. The first-order valence-corrected chi connectivity index (χ1v) is 13.8. The van der Waals surface area contributed by atoms with Gasteiger partial charge in [-0.05, 0) is 89.7 Å². The molecule has 0 fully saturated rings. The van der Waals surface area contributed by atoms with Gasteiger partial charge in [-0.3, -0.25) is 0 Å². The molecule has 0 aliphatic carbocycles. The Morgan fingerprint density at radius 3 is 1.90 bits per heavy atom. The van der Waals surface area contributed by atoms with E-state index in [1.165, 1.54) is 16.8 Å². The minimum Gasteiger partial charge on any atom is -0.331 e. The second-order valence-electron chi connectivity index (χ2n) is 11.3. The van der Waals surface area contributed by atoms with E-state index in [2.05, 4.69) is 42.5 Å². The van der Waals surface area contributed by atoms with Crippen LogP contribution in [0.3, 0.4) is 0 Å². The Morgan fingerprint density at radius 2 is 1.12 bits per heavy atom. The molecule has 3 heteroatoms. The quantitative estimate of drug-likeness (QED) is 0.211. The molecule has 0 N–H and O–H groups in total.